The molecule has 1 saturated carbocycles. The number of amides is 1. The third kappa shape index (κ3) is 3.06. The Balaban J connectivity index is 1.69. The summed E-state index contributed by atoms with van der Waals surface area (Å²) in [7, 11) is 0. The monoisotopic (exact) mass is 399 g/mol. The molecule has 0 unspecified atom stereocenters. The van der Waals surface area contributed by atoms with Crippen molar-refractivity contribution in [2.24, 2.45) is 0 Å². The Labute approximate surface area is 156 Å². The van der Waals surface area contributed by atoms with Crippen molar-refractivity contribution in [2.45, 2.75) is 51.2 Å². The lowest BCUT2D eigenvalue weighted by atomic mass is 9.94. The molecule has 1 aromatic heterocycles. The van der Waals surface area contributed by atoms with Crippen LogP contribution in [-0.2, 0) is 0 Å². The van der Waals surface area contributed by atoms with Crippen LogP contribution in [0.5, 0.6) is 0 Å². The zero-order valence-electron chi connectivity index (χ0n) is 14.3. The van der Waals surface area contributed by atoms with Gasteiger partial charge in [-0.25, -0.2) is 0 Å². The highest BCUT2D eigenvalue weighted by molar-refractivity contribution is 9.10. The van der Waals surface area contributed by atoms with Crippen molar-refractivity contribution in [3.8, 4) is 0 Å². The summed E-state index contributed by atoms with van der Waals surface area (Å²) in [5.41, 5.74) is 3.76. The van der Waals surface area contributed by atoms with E-state index in [1.165, 1.54) is 24.8 Å². The molecule has 4 nitrogen and oxygen atoms in total. The molecule has 1 N–H and O–H groups in total. The number of hydrogen-bond acceptors (Lipinski definition) is 3. The maximum absolute atomic E-state index is 13.1. The number of halogens is 1. The average molecular weight is 400 g/mol. The second kappa shape index (κ2) is 6.79. The van der Waals surface area contributed by atoms with E-state index >= 15 is 0 Å². The van der Waals surface area contributed by atoms with Gasteiger partial charge in [0.1, 0.15) is 6.17 Å². The fraction of sp³-hybridized carbons (Fsp3) is 0.400. The minimum absolute atomic E-state index is 0.112. The largest absolute Gasteiger partial charge is 0.360 e. The molecule has 2 aromatic rings. The van der Waals surface area contributed by atoms with Crippen molar-refractivity contribution in [3.05, 3.63) is 57.8 Å². The Kier molecular flexibility index (Phi) is 4.50. The number of aryl methyl sites for hydroxylation is 1. The summed E-state index contributed by atoms with van der Waals surface area (Å²) in [5.74, 6) is 0.112. The summed E-state index contributed by atoms with van der Waals surface area (Å²) >= 11 is 3.55. The van der Waals surface area contributed by atoms with Crippen molar-refractivity contribution in [3.63, 3.8) is 0 Å². The van der Waals surface area contributed by atoms with Crippen LogP contribution < -0.4 is 5.32 Å². The van der Waals surface area contributed by atoms with Crippen LogP contribution in [0.25, 0.3) is 0 Å². The maximum Gasteiger partial charge on any atom is 0.258 e. The number of carbonyl (C=O) groups excluding carboxylic acids is 1. The zero-order valence-corrected chi connectivity index (χ0v) is 15.9. The van der Waals surface area contributed by atoms with Crippen LogP contribution >= 0.6 is 15.9 Å². The number of rotatable bonds is 3. The van der Waals surface area contributed by atoms with Crippen molar-refractivity contribution >= 4 is 27.5 Å². The third-order valence-corrected chi connectivity index (χ3v) is 6.16. The normalized spacial score (nSPS) is 20.6. The molecule has 1 aliphatic carbocycles. The Morgan fingerprint density at radius 3 is 2.76 bits per heavy atom. The number of nitrogens with zero attached hydrogens (tertiary/aromatic N) is 2. The highest BCUT2D eigenvalue weighted by Gasteiger charge is 2.41. The molecule has 0 radical (unpaired) electrons. The molecule has 130 valence electrons. The first-order valence-corrected chi connectivity index (χ1v) is 9.75. The lowest BCUT2D eigenvalue weighted by molar-refractivity contribution is 0.0599. The van der Waals surface area contributed by atoms with Crippen LogP contribution in [0.4, 0.5) is 5.69 Å². The highest BCUT2D eigenvalue weighted by atomic mass is 79.9. The minimum atomic E-state index is -0.188. The van der Waals surface area contributed by atoms with Crippen LogP contribution in [0.2, 0.25) is 0 Å². The Morgan fingerprint density at radius 1 is 1.20 bits per heavy atom. The molecule has 1 aliphatic heterocycles. The summed E-state index contributed by atoms with van der Waals surface area (Å²) in [6.07, 6.45) is 7.41. The van der Waals surface area contributed by atoms with Gasteiger partial charge in [0.25, 0.3) is 5.91 Å². The first-order chi connectivity index (χ1) is 12.1. The Bertz CT molecular complexity index is 801. The summed E-state index contributed by atoms with van der Waals surface area (Å²) in [6, 6.07) is 10.2. The molecular formula is C20H22BrN3O. The van der Waals surface area contributed by atoms with Crippen molar-refractivity contribution in [1.82, 2.24) is 9.88 Å². The van der Waals surface area contributed by atoms with Crippen LogP contribution in [0.1, 0.15) is 59.9 Å². The lowest BCUT2D eigenvalue weighted by Crippen LogP contribution is -2.42. The topological polar surface area (TPSA) is 45.2 Å². The van der Waals surface area contributed by atoms with Crippen molar-refractivity contribution in [2.75, 3.05) is 5.32 Å². The van der Waals surface area contributed by atoms with E-state index in [-0.39, 0.29) is 12.1 Å². The third-order valence-electron chi connectivity index (χ3n) is 5.27. The molecule has 1 amide bonds. The van der Waals surface area contributed by atoms with E-state index in [0.29, 0.717) is 6.04 Å². The summed E-state index contributed by atoms with van der Waals surface area (Å²) in [5, 5.41) is 3.56. The number of nitrogens with one attached hydrogen (secondary N) is 1. The molecule has 2 aliphatic rings. The van der Waals surface area contributed by atoms with Crippen LogP contribution in [-0.4, -0.2) is 21.8 Å². The van der Waals surface area contributed by atoms with E-state index < -0.39 is 0 Å². The molecule has 0 spiro atoms. The van der Waals surface area contributed by atoms with Gasteiger partial charge in [0, 0.05) is 22.4 Å². The molecule has 1 aromatic carbocycles. The second-order valence-electron chi connectivity index (χ2n) is 6.95. The summed E-state index contributed by atoms with van der Waals surface area (Å²) < 4.78 is 1.09. The SMILES string of the molecule is Cc1cc(N[C@H]2c3ncccc3C(=O)N2C2CCCCC2)ccc1Br. The number of aromatic nitrogens is 1. The molecule has 1 fully saturated rings. The number of hydrogen-bond donors (Lipinski definition) is 1. The smallest absolute Gasteiger partial charge is 0.258 e. The van der Waals surface area contributed by atoms with E-state index in [2.05, 4.69) is 39.2 Å². The molecule has 5 heteroatoms. The fourth-order valence-corrected chi connectivity index (χ4v) is 4.22. The van der Waals surface area contributed by atoms with Crippen molar-refractivity contribution in [1.29, 1.82) is 0 Å². The van der Waals surface area contributed by atoms with Gasteiger partial charge in [-0.05, 0) is 55.7 Å². The van der Waals surface area contributed by atoms with Gasteiger partial charge in [0.05, 0.1) is 11.3 Å². The van der Waals surface area contributed by atoms with E-state index in [0.717, 1.165) is 34.3 Å². The summed E-state index contributed by atoms with van der Waals surface area (Å²) in [6.45, 7) is 2.07. The standard InChI is InChI=1S/C20H22BrN3O/c1-13-12-14(9-10-17(13)21)23-19-18-16(8-5-11-22-18)20(25)24(19)15-6-3-2-4-7-15/h5,8-12,15,19,23H,2-4,6-7H2,1H3/t19-/m1/s1. The average Bonchev–Trinajstić information content (AvgIpc) is 2.91. The summed E-state index contributed by atoms with van der Waals surface area (Å²) in [4.78, 5) is 19.6. The van der Waals surface area contributed by atoms with Gasteiger partial charge in [-0.15, -0.1) is 0 Å². The number of benzene rings is 1. The molecule has 2 heterocycles. The first-order valence-electron chi connectivity index (χ1n) is 8.95. The van der Waals surface area contributed by atoms with Crippen LogP contribution in [0.15, 0.2) is 41.0 Å². The quantitative estimate of drug-likeness (QED) is 0.784. The fourth-order valence-electron chi connectivity index (χ4n) is 3.97. The van der Waals surface area contributed by atoms with Gasteiger partial charge in [0.2, 0.25) is 0 Å². The van der Waals surface area contributed by atoms with Gasteiger partial charge in [-0.3, -0.25) is 9.78 Å². The van der Waals surface area contributed by atoms with E-state index in [1.807, 2.05) is 29.2 Å². The van der Waals surface area contributed by atoms with E-state index in [1.54, 1.807) is 6.20 Å². The molecule has 25 heavy (non-hydrogen) atoms. The lowest BCUT2D eigenvalue weighted by Gasteiger charge is -2.36. The van der Waals surface area contributed by atoms with Gasteiger partial charge < -0.3 is 10.2 Å². The molecular weight excluding hydrogens is 378 g/mol. The van der Waals surface area contributed by atoms with Crippen LogP contribution in [0, 0.1) is 6.92 Å². The van der Waals surface area contributed by atoms with Gasteiger partial charge in [-0.2, -0.15) is 0 Å². The number of anilines is 1. The number of fused-ring (bicyclic) bond motifs is 1. The molecule has 4 rings (SSSR count). The van der Waals surface area contributed by atoms with Gasteiger partial charge in [-0.1, -0.05) is 35.2 Å². The van der Waals surface area contributed by atoms with Crippen molar-refractivity contribution < 1.29 is 4.79 Å². The van der Waals surface area contributed by atoms with Gasteiger partial charge in [0.15, 0.2) is 0 Å². The Hall–Kier alpha value is -1.88. The second-order valence-corrected chi connectivity index (χ2v) is 7.81. The molecule has 0 saturated heterocycles. The van der Waals surface area contributed by atoms with E-state index in [4.69, 9.17) is 0 Å². The number of pyridine rings is 1. The maximum atomic E-state index is 13.1. The number of carbonyl (C=O) groups is 1. The van der Waals surface area contributed by atoms with E-state index in [9.17, 15) is 4.79 Å². The minimum Gasteiger partial charge on any atom is -0.360 e. The first kappa shape index (κ1) is 16.6. The zero-order chi connectivity index (χ0) is 17.4. The highest BCUT2D eigenvalue weighted by Crippen LogP contribution is 2.38. The molecule has 0 bridgehead atoms. The predicted molar refractivity (Wildman–Crippen MR) is 103 cm³/mol. The predicted octanol–water partition coefficient (Wildman–Crippen LogP) is 5.05. The Morgan fingerprint density at radius 2 is 2.00 bits per heavy atom. The van der Waals surface area contributed by atoms with Crippen LogP contribution in [0.3, 0.4) is 0 Å². The molecule has 1 atom stereocenters. The van der Waals surface area contributed by atoms with Gasteiger partial charge >= 0.3 is 0 Å².